The first-order chi connectivity index (χ1) is 11.2. The highest BCUT2D eigenvalue weighted by molar-refractivity contribution is 8.00. The monoisotopic (exact) mass is 367 g/mol. The third kappa shape index (κ3) is 3.00. The number of aliphatic hydroxyl groups is 3. The van der Waals surface area contributed by atoms with E-state index in [1.54, 1.807) is 0 Å². The Hall–Kier alpha value is -1.67. The molecule has 1 aliphatic rings. The molecule has 0 aromatic carbocycles. The third-order valence-corrected chi connectivity index (χ3v) is 4.02. The first-order valence-electron chi connectivity index (χ1n) is 6.59. The molecule has 0 spiro atoms. The molecule has 132 valence electrons. The molecule has 0 amide bonds. The fraction of sp³-hybridized carbons (Fsp3) is 0.545. The summed E-state index contributed by atoms with van der Waals surface area (Å²) in [7, 11) is 0. The van der Waals surface area contributed by atoms with Crippen molar-refractivity contribution in [3.8, 4) is 0 Å². The standard InChI is InChI=1S/C11H12F3N5O4S/c12-11(13,14)24-10-17-7(15)4-8(18-10)19(2-16-4)9-6(22)5(21)3(1-20)23-9/h2-3,5-6,9,20-22H,1H2,(H2,15,17,18)/t3-,5+,6-,9-/m1/s1. The summed E-state index contributed by atoms with van der Waals surface area (Å²) in [6.07, 6.45) is -3.90. The van der Waals surface area contributed by atoms with Crippen LogP contribution in [0.5, 0.6) is 0 Å². The van der Waals surface area contributed by atoms with Gasteiger partial charge < -0.3 is 25.8 Å². The van der Waals surface area contributed by atoms with Crippen LogP contribution in [-0.2, 0) is 4.74 Å². The highest BCUT2D eigenvalue weighted by Crippen LogP contribution is 2.37. The molecule has 2 aromatic heterocycles. The number of hydrogen-bond donors (Lipinski definition) is 4. The molecule has 1 saturated heterocycles. The molecule has 2 aromatic rings. The summed E-state index contributed by atoms with van der Waals surface area (Å²) >= 11 is -0.545. The van der Waals surface area contributed by atoms with E-state index in [0.29, 0.717) is 0 Å². The molecule has 9 nitrogen and oxygen atoms in total. The number of aromatic nitrogens is 4. The molecule has 0 unspecified atom stereocenters. The third-order valence-electron chi connectivity index (χ3n) is 3.43. The van der Waals surface area contributed by atoms with Crippen LogP contribution in [0.3, 0.4) is 0 Å². The molecular weight excluding hydrogens is 355 g/mol. The molecule has 1 fully saturated rings. The minimum absolute atomic E-state index is 0.0271. The number of nitrogens with zero attached hydrogens (tertiary/aromatic N) is 4. The fourth-order valence-electron chi connectivity index (χ4n) is 2.36. The maximum atomic E-state index is 12.5. The lowest BCUT2D eigenvalue weighted by molar-refractivity contribution is -0.0511. The zero-order valence-corrected chi connectivity index (χ0v) is 12.6. The molecule has 0 aliphatic carbocycles. The first-order valence-corrected chi connectivity index (χ1v) is 7.41. The molecule has 1 aliphatic heterocycles. The number of halogens is 3. The molecule has 3 heterocycles. The molecule has 24 heavy (non-hydrogen) atoms. The van der Waals surface area contributed by atoms with E-state index in [0.717, 1.165) is 10.9 Å². The van der Waals surface area contributed by atoms with Crippen molar-refractivity contribution in [2.75, 3.05) is 12.3 Å². The van der Waals surface area contributed by atoms with Crippen LogP contribution in [0, 0.1) is 0 Å². The Balaban J connectivity index is 2.03. The maximum Gasteiger partial charge on any atom is 0.449 e. The fourth-order valence-corrected chi connectivity index (χ4v) is 2.85. The Morgan fingerprint density at radius 3 is 2.58 bits per heavy atom. The molecule has 4 atom stereocenters. The van der Waals surface area contributed by atoms with Crippen molar-refractivity contribution in [2.45, 2.75) is 35.2 Å². The second kappa shape index (κ2) is 6.00. The van der Waals surface area contributed by atoms with E-state index in [4.69, 9.17) is 15.6 Å². The summed E-state index contributed by atoms with van der Waals surface area (Å²) in [6.45, 7) is -0.548. The van der Waals surface area contributed by atoms with Crippen molar-refractivity contribution in [3.05, 3.63) is 6.33 Å². The van der Waals surface area contributed by atoms with Gasteiger partial charge in [0.15, 0.2) is 22.8 Å². The zero-order valence-electron chi connectivity index (χ0n) is 11.8. The van der Waals surface area contributed by atoms with Crippen molar-refractivity contribution in [2.24, 2.45) is 0 Å². The normalized spacial score (nSPS) is 27.9. The average Bonchev–Trinajstić information content (AvgIpc) is 3.00. The van der Waals surface area contributed by atoms with Gasteiger partial charge in [-0.3, -0.25) is 4.57 Å². The van der Waals surface area contributed by atoms with Crippen molar-refractivity contribution in [1.82, 2.24) is 19.5 Å². The number of fused-ring (bicyclic) bond motifs is 1. The van der Waals surface area contributed by atoms with Gasteiger partial charge >= 0.3 is 5.51 Å². The van der Waals surface area contributed by atoms with Gasteiger partial charge in [0.25, 0.3) is 0 Å². The molecule has 5 N–H and O–H groups in total. The minimum atomic E-state index is -4.60. The van der Waals surface area contributed by atoms with Crippen LogP contribution in [0.4, 0.5) is 19.0 Å². The number of rotatable bonds is 3. The predicted molar refractivity (Wildman–Crippen MR) is 74.7 cm³/mol. The Bertz CT molecular complexity index is 757. The highest BCUT2D eigenvalue weighted by Gasteiger charge is 2.44. The van der Waals surface area contributed by atoms with Gasteiger partial charge in [0.2, 0.25) is 0 Å². The van der Waals surface area contributed by atoms with E-state index in [1.165, 1.54) is 0 Å². The van der Waals surface area contributed by atoms with Crippen LogP contribution in [-0.4, -0.2) is 65.3 Å². The van der Waals surface area contributed by atoms with Gasteiger partial charge in [-0.25, -0.2) is 15.0 Å². The van der Waals surface area contributed by atoms with Crippen molar-refractivity contribution >= 4 is 28.7 Å². The van der Waals surface area contributed by atoms with Crippen LogP contribution in [0.1, 0.15) is 6.23 Å². The number of imidazole rings is 1. The average molecular weight is 367 g/mol. The van der Waals surface area contributed by atoms with Gasteiger partial charge in [-0.1, -0.05) is 0 Å². The summed E-state index contributed by atoms with van der Waals surface area (Å²) < 4.78 is 44.0. The minimum Gasteiger partial charge on any atom is -0.394 e. The van der Waals surface area contributed by atoms with Crippen LogP contribution in [0.2, 0.25) is 0 Å². The summed E-state index contributed by atoms with van der Waals surface area (Å²) in [6, 6.07) is 0. The van der Waals surface area contributed by atoms with Crippen molar-refractivity contribution in [1.29, 1.82) is 0 Å². The van der Waals surface area contributed by atoms with E-state index in [9.17, 15) is 23.4 Å². The highest BCUT2D eigenvalue weighted by atomic mass is 32.2. The Morgan fingerprint density at radius 1 is 1.29 bits per heavy atom. The molecular formula is C11H12F3N5O4S. The SMILES string of the molecule is Nc1nc(SC(F)(F)F)nc2c1ncn2[C@@H]1O[C@H](CO)[C@H](O)[C@H]1O. The lowest BCUT2D eigenvalue weighted by Crippen LogP contribution is -2.33. The summed E-state index contributed by atoms with van der Waals surface area (Å²) in [5.74, 6) is -0.266. The first kappa shape index (κ1) is 17.2. The van der Waals surface area contributed by atoms with Crippen LogP contribution < -0.4 is 5.73 Å². The Morgan fingerprint density at radius 2 is 2.00 bits per heavy atom. The maximum absolute atomic E-state index is 12.5. The number of ether oxygens (including phenoxy) is 1. The second-order valence-corrected chi connectivity index (χ2v) is 6.02. The predicted octanol–water partition coefficient (Wildman–Crippen LogP) is -0.368. The van der Waals surface area contributed by atoms with Gasteiger partial charge in [-0.15, -0.1) is 0 Å². The van der Waals surface area contributed by atoms with Gasteiger partial charge in [-0.05, 0) is 0 Å². The molecule has 3 rings (SSSR count). The Kier molecular flexibility index (Phi) is 4.29. The van der Waals surface area contributed by atoms with Gasteiger partial charge in [-0.2, -0.15) is 13.2 Å². The Labute approximate surface area is 136 Å². The van der Waals surface area contributed by atoms with Crippen LogP contribution in [0.15, 0.2) is 11.5 Å². The van der Waals surface area contributed by atoms with E-state index in [2.05, 4.69) is 15.0 Å². The van der Waals surface area contributed by atoms with Crippen LogP contribution in [0.25, 0.3) is 11.2 Å². The molecule has 0 radical (unpaired) electrons. The van der Waals surface area contributed by atoms with Crippen LogP contribution >= 0.6 is 11.8 Å². The largest absolute Gasteiger partial charge is 0.449 e. The van der Waals surface area contributed by atoms with E-state index >= 15 is 0 Å². The van der Waals surface area contributed by atoms with Crippen molar-refractivity contribution in [3.63, 3.8) is 0 Å². The lowest BCUT2D eigenvalue weighted by Gasteiger charge is -2.16. The summed E-state index contributed by atoms with van der Waals surface area (Å²) in [5, 5.41) is 28.3. The second-order valence-electron chi connectivity index (χ2n) is 4.99. The van der Waals surface area contributed by atoms with Crippen molar-refractivity contribution < 1.29 is 33.2 Å². The topological polar surface area (TPSA) is 140 Å². The number of thioether (sulfide) groups is 1. The number of anilines is 1. The van der Waals surface area contributed by atoms with E-state index in [1.807, 2.05) is 0 Å². The van der Waals surface area contributed by atoms with E-state index in [-0.39, 0.29) is 17.0 Å². The number of aliphatic hydroxyl groups excluding tert-OH is 3. The number of alkyl halides is 3. The van der Waals surface area contributed by atoms with Gasteiger partial charge in [0.05, 0.1) is 12.9 Å². The smallest absolute Gasteiger partial charge is 0.394 e. The lowest BCUT2D eigenvalue weighted by atomic mass is 10.1. The summed E-state index contributed by atoms with van der Waals surface area (Å²) in [4.78, 5) is 11.2. The van der Waals surface area contributed by atoms with Gasteiger partial charge in [0.1, 0.15) is 23.8 Å². The van der Waals surface area contributed by atoms with Gasteiger partial charge in [0, 0.05) is 11.8 Å². The molecule has 0 saturated carbocycles. The van der Waals surface area contributed by atoms with E-state index < -0.39 is 53.6 Å². The quantitative estimate of drug-likeness (QED) is 0.423. The number of nitrogen functional groups attached to an aromatic ring is 1. The summed E-state index contributed by atoms with van der Waals surface area (Å²) in [5.41, 5.74) is 0.932. The molecule has 0 bridgehead atoms. The number of nitrogens with two attached hydrogens (primary N) is 1. The zero-order chi connectivity index (χ0) is 17.6. The number of hydrogen-bond acceptors (Lipinski definition) is 9. The molecule has 13 heteroatoms.